The van der Waals surface area contributed by atoms with E-state index in [1.165, 1.54) is 0 Å². The smallest absolute Gasteiger partial charge is 0.227 e. The number of rotatable bonds is 3. The maximum Gasteiger partial charge on any atom is 0.227 e. The zero-order valence-electron chi connectivity index (χ0n) is 10.3. The number of amides is 1. The van der Waals surface area contributed by atoms with Gasteiger partial charge in [0.25, 0.3) is 0 Å². The van der Waals surface area contributed by atoms with Crippen molar-refractivity contribution in [3.63, 3.8) is 0 Å². The Morgan fingerprint density at radius 1 is 1.41 bits per heavy atom. The normalized spacial score (nSPS) is 23.6. The molecule has 0 radical (unpaired) electrons. The second-order valence-electron chi connectivity index (χ2n) is 4.84. The number of carbonyl (C=O) groups excluding carboxylic acids is 1. The molecule has 1 amide bonds. The first-order chi connectivity index (χ1) is 8.22. The predicted octanol–water partition coefficient (Wildman–Crippen LogP) is 2.31. The highest BCUT2D eigenvalue weighted by Crippen LogP contribution is 2.32. The number of aryl methyl sites for hydroxylation is 1. The zero-order chi connectivity index (χ0) is 12.3. The van der Waals surface area contributed by atoms with Crippen LogP contribution < -0.4 is 11.1 Å². The maximum absolute atomic E-state index is 12.2. The minimum atomic E-state index is 0.0969. The van der Waals surface area contributed by atoms with Gasteiger partial charge in [0, 0.05) is 11.6 Å². The van der Waals surface area contributed by atoms with Gasteiger partial charge in [0.15, 0.2) is 0 Å². The molecule has 2 atom stereocenters. The monoisotopic (exact) mass is 232 g/mol. The highest BCUT2D eigenvalue weighted by atomic mass is 16.1. The van der Waals surface area contributed by atoms with Crippen LogP contribution in [-0.4, -0.2) is 12.5 Å². The SMILES string of the molecule is Cc1ccccc1NC(=O)[C@@H]1CCC[C@@H]1CN. The lowest BCUT2D eigenvalue weighted by molar-refractivity contribution is -0.120. The topological polar surface area (TPSA) is 55.1 Å². The molecular weight excluding hydrogens is 212 g/mol. The van der Waals surface area contributed by atoms with E-state index < -0.39 is 0 Å². The van der Waals surface area contributed by atoms with E-state index in [1.807, 2.05) is 31.2 Å². The van der Waals surface area contributed by atoms with E-state index in [9.17, 15) is 4.79 Å². The first-order valence-electron chi connectivity index (χ1n) is 6.29. The lowest BCUT2D eigenvalue weighted by atomic mass is 9.95. The highest BCUT2D eigenvalue weighted by Gasteiger charge is 2.31. The largest absolute Gasteiger partial charge is 0.330 e. The number of hydrogen-bond donors (Lipinski definition) is 2. The number of carbonyl (C=O) groups is 1. The Hall–Kier alpha value is -1.35. The zero-order valence-corrected chi connectivity index (χ0v) is 10.3. The number of benzene rings is 1. The Kier molecular flexibility index (Phi) is 3.79. The molecule has 1 aromatic rings. The fourth-order valence-electron chi connectivity index (χ4n) is 2.60. The lowest BCUT2D eigenvalue weighted by Crippen LogP contribution is -2.29. The Morgan fingerprint density at radius 3 is 2.88 bits per heavy atom. The van der Waals surface area contributed by atoms with Gasteiger partial charge in [-0.05, 0) is 43.9 Å². The van der Waals surface area contributed by atoms with Crippen LogP contribution >= 0.6 is 0 Å². The summed E-state index contributed by atoms with van der Waals surface area (Å²) in [7, 11) is 0. The van der Waals surface area contributed by atoms with Gasteiger partial charge in [-0.3, -0.25) is 4.79 Å². The van der Waals surface area contributed by atoms with Gasteiger partial charge >= 0.3 is 0 Å². The average Bonchev–Trinajstić information content (AvgIpc) is 2.80. The van der Waals surface area contributed by atoms with Crippen LogP contribution in [0.1, 0.15) is 24.8 Å². The van der Waals surface area contributed by atoms with E-state index in [-0.39, 0.29) is 11.8 Å². The summed E-state index contributed by atoms with van der Waals surface area (Å²) in [6, 6.07) is 7.87. The van der Waals surface area contributed by atoms with Crippen LogP contribution in [0.2, 0.25) is 0 Å². The van der Waals surface area contributed by atoms with Crippen molar-refractivity contribution in [3.05, 3.63) is 29.8 Å². The minimum absolute atomic E-state index is 0.0969. The summed E-state index contributed by atoms with van der Waals surface area (Å²) in [5.74, 6) is 0.589. The van der Waals surface area contributed by atoms with Crippen molar-refractivity contribution in [2.45, 2.75) is 26.2 Å². The van der Waals surface area contributed by atoms with E-state index in [2.05, 4.69) is 5.32 Å². The van der Waals surface area contributed by atoms with Crippen molar-refractivity contribution in [3.8, 4) is 0 Å². The molecule has 0 aromatic heterocycles. The molecule has 0 spiro atoms. The number of nitrogens with one attached hydrogen (secondary N) is 1. The van der Waals surface area contributed by atoms with Gasteiger partial charge in [-0.1, -0.05) is 24.6 Å². The molecule has 3 N–H and O–H groups in total. The number of nitrogens with two attached hydrogens (primary N) is 1. The van der Waals surface area contributed by atoms with Gasteiger partial charge in [0.2, 0.25) is 5.91 Å². The number of hydrogen-bond acceptors (Lipinski definition) is 2. The minimum Gasteiger partial charge on any atom is -0.330 e. The lowest BCUT2D eigenvalue weighted by Gasteiger charge is -2.18. The molecule has 17 heavy (non-hydrogen) atoms. The summed E-state index contributed by atoms with van der Waals surface area (Å²) in [4.78, 5) is 12.2. The second-order valence-corrected chi connectivity index (χ2v) is 4.84. The number of para-hydroxylation sites is 1. The molecule has 1 saturated carbocycles. The van der Waals surface area contributed by atoms with Gasteiger partial charge in [0.05, 0.1) is 0 Å². The number of anilines is 1. The van der Waals surface area contributed by atoms with Crippen LogP contribution in [0.25, 0.3) is 0 Å². The summed E-state index contributed by atoms with van der Waals surface area (Å²) in [6.07, 6.45) is 3.18. The van der Waals surface area contributed by atoms with Crippen LogP contribution in [0.5, 0.6) is 0 Å². The van der Waals surface area contributed by atoms with Crippen LogP contribution in [-0.2, 0) is 4.79 Å². The van der Waals surface area contributed by atoms with Gasteiger partial charge in [-0.2, -0.15) is 0 Å². The van der Waals surface area contributed by atoms with E-state index in [4.69, 9.17) is 5.73 Å². The first kappa shape index (κ1) is 12.1. The van der Waals surface area contributed by atoms with Crippen molar-refractivity contribution in [1.29, 1.82) is 0 Å². The van der Waals surface area contributed by atoms with Crippen LogP contribution in [0.4, 0.5) is 5.69 Å². The van der Waals surface area contributed by atoms with Gasteiger partial charge in [-0.15, -0.1) is 0 Å². The molecule has 92 valence electrons. The van der Waals surface area contributed by atoms with Gasteiger partial charge in [0.1, 0.15) is 0 Å². The van der Waals surface area contributed by atoms with Gasteiger partial charge in [-0.25, -0.2) is 0 Å². The summed E-state index contributed by atoms with van der Waals surface area (Å²) < 4.78 is 0. The molecule has 0 saturated heterocycles. The predicted molar refractivity (Wildman–Crippen MR) is 69.7 cm³/mol. The van der Waals surface area contributed by atoms with E-state index in [0.717, 1.165) is 30.5 Å². The fraction of sp³-hybridized carbons (Fsp3) is 0.500. The third-order valence-corrected chi connectivity index (χ3v) is 3.70. The van der Waals surface area contributed by atoms with Crippen LogP contribution in [0, 0.1) is 18.8 Å². The van der Waals surface area contributed by atoms with Crippen molar-refractivity contribution >= 4 is 11.6 Å². The molecule has 1 aromatic carbocycles. The summed E-state index contributed by atoms with van der Waals surface area (Å²) >= 11 is 0. The highest BCUT2D eigenvalue weighted by molar-refractivity contribution is 5.93. The van der Waals surface area contributed by atoms with Crippen molar-refractivity contribution in [1.82, 2.24) is 0 Å². The molecule has 0 unspecified atom stereocenters. The van der Waals surface area contributed by atoms with Gasteiger partial charge < -0.3 is 11.1 Å². The maximum atomic E-state index is 12.2. The van der Waals surface area contributed by atoms with E-state index in [1.54, 1.807) is 0 Å². The average molecular weight is 232 g/mol. The fourth-order valence-corrected chi connectivity index (χ4v) is 2.60. The molecule has 0 bridgehead atoms. The molecule has 1 aliphatic rings. The van der Waals surface area contributed by atoms with Crippen LogP contribution in [0.3, 0.4) is 0 Å². The van der Waals surface area contributed by atoms with E-state index >= 15 is 0 Å². The molecule has 2 rings (SSSR count). The Balaban J connectivity index is 2.04. The molecular formula is C14H20N2O. The first-order valence-corrected chi connectivity index (χ1v) is 6.29. The molecule has 0 heterocycles. The summed E-state index contributed by atoms with van der Waals surface area (Å²) in [5, 5.41) is 3.02. The van der Waals surface area contributed by atoms with Crippen molar-refractivity contribution in [2.24, 2.45) is 17.6 Å². The molecule has 1 aliphatic carbocycles. The van der Waals surface area contributed by atoms with Crippen molar-refractivity contribution < 1.29 is 4.79 Å². The molecule has 3 heteroatoms. The Morgan fingerprint density at radius 2 is 2.18 bits per heavy atom. The quantitative estimate of drug-likeness (QED) is 0.840. The molecule has 0 aliphatic heterocycles. The Bertz CT molecular complexity index is 403. The third-order valence-electron chi connectivity index (χ3n) is 3.70. The molecule has 3 nitrogen and oxygen atoms in total. The standard InChI is InChI=1S/C14H20N2O/c1-10-5-2-3-8-13(10)16-14(17)12-7-4-6-11(12)9-15/h2-3,5,8,11-12H,4,6-7,9,15H2,1H3,(H,16,17)/t11-,12-/m1/s1. The molecule has 1 fully saturated rings. The van der Waals surface area contributed by atoms with Crippen molar-refractivity contribution in [2.75, 3.05) is 11.9 Å². The van der Waals surface area contributed by atoms with Crippen LogP contribution in [0.15, 0.2) is 24.3 Å². The van der Waals surface area contributed by atoms with E-state index in [0.29, 0.717) is 12.5 Å². The summed E-state index contributed by atoms with van der Waals surface area (Å²) in [6.45, 7) is 2.62. The Labute approximate surface area is 102 Å². The third kappa shape index (κ3) is 2.67. The summed E-state index contributed by atoms with van der Waals surface area (Å²) in [5.41, 5.74) is 7.72. The second kappa shape index (κ2) is 5.32.